The van der Waals surface area contributed by atoms with E-state index < -0.39 is 5.60 Å². The average Bonchev–Trinajstić information content (AvgIpc) is 3.11. The Labute approximate surface area is 172 Å². The first-order chi connectivity index (χ1) is 13.7. The smallest absolute Gasteiger partial charge is 0.410 e. The highest BCUT2D eigenvalue weighted by Gasteiger charge is 2.31. The van der Waals surface area contributed by atoms with E-state index in [1.807, 2.05) is 68.9 Å². The fourth-order valence-electron chi connectivity index (χ4n) is 3.51. The highest BCUT2D eigenvalue weighted by atomic mass is 16.6. The number of likely N-dealkylation sites (tertiary alicyclic amines) is 1. The van der Waals surface area contributed by atoms with E-state index >= 15 is 0 Å². The van der Waals surface area contributed by atoms with E-state index in [2.05, 4.69) is 10.3 Å². The Bertz CT molecular complexity index is 833. The molecule has 0 bridgehead atoms. The van der Waals surface area contributed by atoms with Crippen molar-refractivity contribution in [2.24, 2.45) is 13.0 Å². The minimum atomic E-state index is -0.518. The van der Waals surface area contributed by atoms with E-state index in [0.717, 1.165) is 11.4 Å². The number of hydrogen-bond donors (Lipinski definition) is 1. The molecule has 0 saturated carbocycles. The second kappa shape index (κ2) is 8.68. The number of amides is 2. The Hall–Kier alpha value is -2.83. The second-order valence-corrected chi connectivity index (χ2v) is 8.49. The van der Waals surface area contributed by atoms with E-state index in [-0.39, 0.29) is 24.0 Å². The minimum Gasteiger partial charge on any atom is -0.444 e. The van der Waals surface area contributed by atoms with Gasteiger partial charge in [0.15, 0.2) is 0 Å². The maximum Gasteiger partial charge on any atom is 0.410 e. The fourth-order valence-corrected chi connectivity index (χ4v) is 3.51. The summed E-state index contributed by atoms with van der Waals surface area (Å²) in [5, 5.41) is 3.17. The summed E-state index contributed by atoms with van der Waals surface area (Å²) in [7, 11) is 1.92. The molecule has 1 atom stereocenters. The van der Waals surface area contributed by atoms with E-state index in [0.29, 0.717) is 25.9 Å². The van der Waals surface area contributed by atoms with Crippen LogP contribution in [0.15, 0.2) is 42.7 Å². The number of benzene rings is 1. The first kappa shape index (κ1) is 20.9. The molecule has 1 aromatic carbocycles. The summed E-state index contributed by atoms with van der Waals surface area (Å²) in [6.45, 7) is 6.60. The molecule has 7 heteroatoms. The maximum atomic E-state index is 13.0. The lowest BCUT2D eigenvalue weighted by molar-refractivity contribution is -0.127. The maximum absolute atomic E-state index is 13.0. The van der Waals surface area contributed by atoms with Crippen molar-refractivity contribution >= 4 is 12.0 Å². The van der Waals surface area contributed by atoms with Gasteiger partial charge in [0.1, 0.15) is 17.5 Å². The van der Waals surface area contributed by atoms with Crippen LogP contribution in [0, 0.1) is 5.92 Å². The van der Waals surface area contributed by atoms with Gasteiger partial charge in [-0.3, -0.25) is 4.79 Å². The predicted octanol–water partition coefficient (Wildman–Crippen LogP) is 3.27. The van der Waals surface area contributed by atoms with Crippen LogP contribution in [-0.2, 0) is 16.6 Å². The number of nitrogens with one attached hydrogen (secondary N) is 1. The van der Waals surface area contributed by atoms with Gasteiger partial charge in [-0.1, -0.05) is 30.3 Å². The van der Waals surface area contributed by atoms with E-state index in [1.165, 1.54) is 0 Å². The van der Waals surface area contributed by atoms with Crippen LogP contribution in [0.2, 0.25) is 0 Å². The van der Waals surface area contributed by atoms with Crippen LogP contribution >= 0.6 is 0 Å². The molecule has 7 nitrogen and oxygen atoms in total. The lowest BCUT2D eigenvalue weighted by Crippen LogP contribution is -2.45. The summed E-state index contributed by atoms with van der Waals surface area (Å²) in [5.74, 6) is 0.640. The van der Waals surface area contributed by atoms with Gasteiger partial charge in [-0.2, -0.15) is 0 Å². The third-order valence-corrected chi connectivity index (χ3v) is 5.05. The molecule has 0 spiro atoms. The Balaban J connectivity index is 1.64. The normalized spacial score (nSPS) is 16.3. The van der Waals surface area contributed by atoms with Gasteiger partial charge >= 0.3 is 6.09 Å². The molecule has 1 aromatic heterocycles. The van der Waals surface area contributed by atoms with Gasteiger partial charge in [-0.25, -0.2) is 9.78 Å². The van der Waals surface area contributed by atoms with Crippen LogP contribution in [0.3, 0.4) is 0 Å². The number of carbonyl (C=O) groups excluding carboxylic acids is 2. The first-order valence-electron chi connectivity index (χ1n) is 10.0. The molecule has 29 heavy (non-hydrogen) atoms. The van der Waals surface area contributed by atoms with Crippen molar-refractivity contribution in [3.8, 4) is 0 Å². The fraction of sp³-hybridized carbons (Fsp3) is 0.500. The van der Waals surface area contributed by atoms with Crippen LogP contribution in [0.1, 0.15) is 51.0 Å². The molecule has 3 rings (SSSR count). The van der Waals surface area contributed by atoms with Gasteiger partial charge in [0, 0.05) is 38.4 Å². The molecule has 1 N–H and O–H groups in total. The topological polar surface area (TPSA) is 76.5 Å². The number of aryl methyl sites for hydroxylation is 1. The molecular formula is C22H30N4O3. The van der Waals surface area contributed by atoms with Crippen LogP contribution in [-0.4, -0.2) is 45.1 Å². The molecule has 2 amide bonds. The lowest BCUT2D eigenvalue weighted by Gasteiger charge is -2.33. The van der Waals surface area contributed by atoms with Gasteiger partial charge < -0.3 is 19.5 Å². The highest BCUT2D eigenvalue weighted by Crippen LogP contribution is 2.24. The zero-order valence-electron chi connectivity index (χ0n) is 17.6. The number of nitrogens with zero attached hydrogens (tertiary/aromatic N) is 3. The number of piperidine rings is 1. The van der Waals surface area contributed by atoms with Gasteiger partial charge in [0.25, 0.3) is 0 Å². The summed E-state index contributed by atoms with van der Waals surface area (Å²) in [6, 6.07) is 9.53. The summed E-state index contributed by atoms with van der Waals surface area (Å²) in [6.07, 6.45) is 4.53. The molecule has 0 radical (unpaired) electrons. The largest absolute Gasteiger partial charge is 0.444 e. The van der Waals surface area contributed by atoms with Crippen molar-refractivity contribution in [1.82, 2.24) is 19.8 Å². The SMILES string of the molecule is Cn1ccnc1C(NC(=O)C1CCN(C(=O)OC(C)(C)C)CC1)c1ccccc1. The third kappa shape index (κ3) is 5.37. The predicted molar refractivity (Wildman–Crippen MR) is 110 cm³/mol. The average molecular weight is 399 g/mol. The number of carbonyl (C=O) groups is 2. The minimum absolute atomic E-state index is 0.00862. The Kier molecular flexibility index (Phi) is 6.25. The summed E-state index contributed by atoms with van der Waals surface area (Å²) in [4.78, 5) is 31.4. The molecule has 1 unspecified atom stereocenters. The van der Waals surface area contributed by atoms with Crippen LogP contribution < -0.4 is 5.32 Å². The highest BCUT2D eigenvalue weighted by molar-refractivity contribution is 5.80. The molecule has 0 aliphatic carbocycles. The van der Waals surface area contributed by atoms with Crippen molar-refractivity contribution in [1.29, 1.82) is 0 Å². The van der Waals surface area contributed by atoms with Gasteiger partial charge in [-0.05, 0) is 39.2 Å². The van der Waals surface area contributed by atoms with Gasteiger partial charge in [-0.15, -0.1) is 0 Å². The van der Waals surface area contributed by atoms with Gasteiger partial charge in [0.05, 0.1) is 0 Å². The number of ether oxygens (including phenoxy) is 1. The Morgan fingerprint density at radius 2 is 1.83 bits per heavy atom. The Morgan fingerprint density at radius 3 is 2.38 bits per heavy atom. The van der Waals surface area contributed by atoms with E-state index in [9.17, 15) is 9.59 Å². The summed E-state index contributed by atoms with van der Waals surface area (Å²) < 4.78 is 7.35. The number of imidazole rings is 1. The molecular weight excluding hydrogens is 368 g/mol. The monoisotopic (exact) mass is 398 g/mol. The molecule has 2 heterocycles. The third-order valence-electron chi connectivity index (χ3n) is 5.05. The number of hydrogen-bond acceptors (Lipinski definition) is 4. The molecule has 1 aliphatic rings. The van der Waals surface area contributed by atoms with Gasteiger partial charge in [0.2, 0.25) is 5.91 Å². The molecule has 1 saturated heterocycles. The number of aromatic nitrogens is 2. The zero-order valence-corrected chi connectivity index (χ0v) is 17.6. The second-order valence-electron chi connectivity index (χ2n) is 8.49. The van der Waals surface area contributed by atoms with Crippen LogP contribution in [0.4, 0.5) is 4.79 Å². The first-order valence-corrected chi connectivity index (χ1v) is 10.0. The van der Waals surface area contributed by atoms with Crippen molar-refractivity contribution in [3.63, 3.8) is 0 Å². The molecule has 2 aromatic rings. The van der Waals surface area contributed by atoms with Crippen molar-refractivity contribution in [3.05, 3.63) is 54.1 Å². The lowest BCUT2D eigenvalue weighted by atomic mass is 9.95. The van der Waals surface area contributed by atoms with Crippen LogP contribution in [0.5, 0.6) is 0 Å². The molecule has 1 fully saturated rings. The van der Waals surface area contributed by atoms with Crippen LogP contribution in [0.25, 0.3) is 0 Å². The zero-order chi connectivity index (χ0) is 21.0. The van der Waals surface area contributed by atoms with Crippen molar-refractivity contribution < 1.29 is 14.3 Å². The van der Waals surface area contributed by atoms with Crippen molar-refractivity contribution in [2.75, 3.05) is 13.1 Å². The summed E-state index contributed by atoms with van der Waals surface area (Å²) >= 11 is 0. The van der Waals surface area contributed by atoms with E-state index in [1.54, 1.807) is 11.1 Å². The Morgan fingerprint density at radius 1 is 1.17 bits per heavy atom. The number of rotatable bonds is 4. The molecule has 1 aliphatic heterocycles. The molecule has 156 valence electrons. The quantitative estimate of drug-likeness (QED) is 0.858. The summed E-state index contributed by atoms with van der Waals surface area (Å²) in [5.41, 5.74) is 0.470. The van der Waals surface area contributed by atoms with Crippen molar-refractivity contribution in [2.45, 2.75) is 45.3 Å². The van der Waals surface area contributed by atoms with E-state index in [4.69, 9.17) is 4.74 Å². The standard InChI is InChI=1S/C22H30N4O3/c1-22(2,3)29-21(28)26-13-10-17(11-14-26)20(27)24-18(16-8-6-5-7-9-16)19-23-12-15-25(19)4/h5-9,12,15,17-18H,10-11,13-14H2,1-4H3,(H,24,27).